The molecule has 2 saturated carbocycles. The van der Waals surface area contributed by atoms with E-state index in [0.717, 1.165) is 5.92 Å². The molecule has 0 spiro atoms. The monoisotopic (exact) mass is 197 g/mol. The van der Waals surface area contributed by atoms with Crippen LogP contribution in [0.2, 0.25) is 0 Å². The molecule has 2 rings (SSSR count). The number of aliphatic hydroxyl groups excluding tert-OH is 1. The van der Waals surface area contributed by atoms with E-state index in [1.807, 2.05) is 0 Å². The lowest BCUT2D eigenvalue weighted by Crippen LogP contribution is -2.49. The molecule has 0 aromatic rings. The van der Waals surface area contributed by atoms with E-state index in [4.69, 9.17) is 0 Å². The highest BCUT2D eigenvalue weighted by molar-refractivity contribution is 4.92. The average molecular weight is 197 g/mol. The summed E-state index contributed by atoms with van der Waals surface area (Å²) in [5, 5.41) is 10.3. The van der Waals surface area contributed by atoms with Gasteiger partial charge in [-0.3, -0.25) is 0 Å². The third-order valence-corrected chi connectivity index (χ3v) is 4.30. The summed E-state index contributed by atoms with van der Waals surface area (Å²) in [6, 6.07) is 0.411. The van der Waals surface area contributed by atoms with Gasteiger partial charge in [-0.25, -0.2) is 0 Å². The summed E-state index contributed by atoms with van der Waals surface area (Å²) in [5.41, 5.74) is 0. The van der Waals surface area contributed by atoms with Crippen molar-refractivity contribution >= 4 is 0 Å². The van der Waals surface area contributed by atoms with Crippen molar-refractivity contribution in [3.8, 4) is 0 Å². The van der Waals surface area contributed by atoms with Gasteiger partial charge in [-0.15, -0.1) is 0 Å². The van der Waals surface area contributed by atoms with Crippen molar-refractivity contribution < 1.29 is 5.11 Å². The van der Waals surface area contributed by atoms with Gasteiger partial charge < -0.3 is 10.0 Å². The number of hydrogen-bond acceptors (Lipinski definition) is 2. The van der Waals surface area contributed by atoms with Crippen molar-refractivity contribution in [3.63, 3.8) is 0 Å². The number of likely N-dealkylation sites (N-methyl/N-ethyl adjacent to an activating group) is 1. The van der Waals surface area contributed by atoms with E-state index >= 15 is 0 Å². The predicted molar refractivity (Wildman–Crippen MR) is 58.2 cm³/mol. The summed E-state index contributed by atoms with van der Waals surface area (Å²) in [6.45, 7) is 0. The van der Waals surface area contributed by atoms with Crippen LogP contribution in [0.15, 0.2) is 0 Å². The molecule has 0 heterocycles. The van der Waals surface area contributed by atoms with E-state index in [1.165, 1.54) is 38.5 Å². The fourth-order valence-corrected chi connectivity index (χ4v) is 3.45. The van der Waals surface area contributed by atoms with Gasteiger partial charge in [0.1, 0.15) is 0 Å². The minimum atomic E-state index is -0.0657. The summed E-state index contributed by atoms with van der Waals surface area (Å²) in [6.07, 6.45) is 7.81. The molecule has 1 N–H and O–H groups in total. The van der Waals surface area contributed by atoms with Crippen LogP contribution in [0.5, 0.6) is 0 Å². The average Bonchev–Trinajstić information content (AvgIpc) is 2.18. The van der Waals surface area contributed by atoms with Crippen molar-refractivity contribution in [1.82, 2.24) is 4.90 Å². The molecular weight excluding hydrogens is 174 g/mol. The SMILES string of the molecule is CN(C)[C@H]1CC[C@H]2CCCC[C@@H]2[C@@H]1O. The molecule has 2 heteroatoms. The molecule has 0 bridgehead atoms. The Morgan fingerprint density at radius 2 is 1.71 bits per heavy atom. The van der Waals surface area contributed by atoms with Crippen LogP contribution >= 0.6 is 0 Å². The second-order valence-electron chi connectivity index (χ2n) is 5.31. The molecule has 82 valence electrons. The van der Waals surface area contributed by atoms with Gasteiger partial charge in [0.2, 0.25) is 0 Å². The first-order valence-electron chi connectivity index (χ1n) is 6.04. The fraction of sp³-hybridized carbons (Fsp3) is 1.00. The highest BCUT2D eigenvalue weighted by atomic mass is 16.3. The predicted octanol–water partition coefficient (Wildman–Crippen LogP) is 1.88. The first kappa shape index (κ1) is 10.4. The normalized spacial score (nSPS) is 43.7. The Morgan fingerprint density at radius 3 is 2.43 bits per heavy atom. The van der Waals surface area contributed by atoms with Crippen LogP contribution in [-0.4, -0.2) is 36.2 Å². The van der Waals surface area contributed by atoms with Gasteiger partial charge in [0.15, 0.2) is 0 Å². The van der Waals surface area contributed by atoms with Crippen molar-refractivity contribution in [2.45, 2.75) is 50.7 Å². The van der Waals surface area contributed by atoms with Crippen molar-refractivity contribution in [1.29, 1.82) is 0 Å². The van der Waals surface area contributed by atoms with E-state index in [-0.39, 0.29) is 6.10 Å². The molecule has 2 nitrogen and oxygen atoms in total. The maximum Gasteiger partial charge on any atom is 0.0725 e. The van der Waals surface area contributed by atoms with Crippen LogP contribution < -0.4 is 0 Å². The summed E-state index contributed by atoms with van der Waals surface area (Å²) >= 11 is 0. The van der Waals surface area contributed by atoms with Gasteiger partial charge >= 0.3 is 0 Å². The van der Waals surface area contributed by atoms with Crippen LogP contribution in [0, 0.1) is 11.8 Å². The molecule has 0 radical (unpaired) electrons. The summed E-state index contributed by atoms with van der Waals surface area (Å²) < 4.78 is 0. The maximum atomic E-state index is 10.3. The maximum absolute atomic E-state index is 10.3. The quantitative estimate of drug-likeness (QED) is 0.694. The lowest BCUT2D eigenvalue weighted by atomic mass is 9.67. The second-order valence-corrected chi connectivity index (χ2v) is 5.31. The number of aliphatic hydroxyl groups is 1. The fourth-order valence-electron chi connectivity index (χ4n) is 3.45. The Hall–Kier alpha value is -0.0800. The van der Waals surface area contributed by atoms with Crippen molar-refractivity contribution in [2.75, 3.05) is 14.1 Å². The van der Waals surface area contributed by atoms with Crippen molar-refractivity contribution in [2.24, 2.45) is 11.8 Å². The van der Waals surface area contributed by atoms with Crippen molar-refractivity contribution in [3.05, 3.63) is 0 Å². The molecule has 0 aromatic heterocycles. The van der Waals surface area contributed by atoms with Gasteiger partial charge in [0, 0.05) is 6.04 Å². The first-order chi connectivity index (χ1) is 6.70. The van der Waals surface area contributed by atoms with Gasteiger partial charge in [-0.1, -0.05) is 19.3 Å². The van der Waals surface area contributed by atoms with E-state index in [1.54, 1.807) is 0 Å². The molecule has 14 heavy (non-hydrogen) atoms. The van der Waals surface area contributed by atoms with E-state index < -0.39 is 0 Å². The Bertz CT molecular complexity index is 193. The van der Waals surface area contributed by atoms with Crippen LogP contribution in [-0.2, 0) is 0 Å². The summed E-state index contributed by atoms with van der Waals surface area (Å²) in [4.78, 5) is 2.20. The number of rotatable bonds is 1. The van der Waals surface area contributed by atoms with Crippen LogP contribution in [0.1, 0.15) is 38.5 Å². The topological polar surface area (TPSA) is 23.5 Å². The van der Waals surface area contributed by atoms with E-state index in [0.29, 0.717) is 12.0 Å². The van der Waals surface area contributed by atoms with Crippen LogP contribution in [0.25, 0.3) is 0 Å². The van der Waals surface area contributed by atoms with Crippen LogP contribution in [0.4, 0.5) is 0 Å². The summed E-state index contributed by atoms with van der Waals surface area (Å²) in [5.74, 6) is 1.43. The molecule has 0 aromatic carbocycles. The molecule has 0 amide bonds. The minimum Gasteiger partial charge on any atom is -0.391 e. The molecule has 0 unspecified atom stereocenters. The third kappa shape index (κ3) is 1.82. The lowest BCUT2D eigenvalue weighted by Gasteiger charge is -2.45. The minimum absolute atomic E-state index is 0.0657. The molecule has 0 aliphatic heterocycles. The Morgan fingerprint density at radius 1 is 1.00 bits per heavy atom. The smallest absolute Gasteiger partial charge is 0.0725 e. The second kappa shape index (κ2) is 4.19. The van der Waals surface area contributed by atoms with E-state index in [9.17, 15) is 5.11 Å². The summed E-state index contributed by atoms with van der Waals surface area (Å²) in [7, 11) is 4.19. The molecule has 4 atom stereocenters. The third-order valence-electron chi connectivity index (χ3n) is 4.30. The molecular formula is C12H23NO. The van der Waals surface area contributed by atoms with Gasteiger partial charge in [-0.2, -0.15) is 0 Å². The van der Waals surface area contributed by atoms with Gasteiger partial charge in [-0.05, 0) is 45.2 Å². The zero-order valence-corrected chi connectivity index (χ0v) is 9.45. The number of nitrogens with zero attached hydrogens (tertiary/aromatic N) is 1. The van der Waals surface area contributed by atoms with Gasteiger partial charge in [0.25, 0.3) is 0 Å². The lowest BCUT2D eigenvalue weighted by molar-refractivity contribution is -0.0434. The Balaban J connectivity index is 2.03. The Kier molecular flexibility index (Phi) is 3.13. The highest BCUT2D eigenvalue weighted by Gasteiger charge is 2.39. The largest absolute Gasteiger partial charge is 0.391 e. The zero-order chi connectivity index (χ0) is 10.1. The van der Waals surface area contributed by atoms with Gasteiger partial charge in [0.05, 0.1) is 6.10 Å². The number of hydrogen-bond donors (Lipinski definition) is 1. The number of fused-ring (bicyclic) bond motifs is 1. The first-order valence-corrected chi connectivity index (χ1v) is 6.04. The molecule has 2 aliphatic carbocycles. The van der Waals surface area contributed by atoms with E-state index in [2.05, 4.69) is 19.0 Å². The molecule has 2 fully saturated rings. The molecule has 0 saturated heterocycles. The highest BCUT2D eigenvalue weighted by Crippen LogP contribution is 2.41. The van der Waals surface area contributed by atoms with Crippen LogP contribution in [0.3, 0.4) is 0 Å². The molecule has 2 aliphatic rings. The zero-order valence-electron chi connectivity index (χ0n) is 9.45. The standard InChI is InChI=1S/C12H23NO/c1-13(2)11-8-7-9-5-3-4-6-10(9)12(11)14/h9-12,14H,3-8H2,1-2H3/t9-,10+,11+,12+/m1/s1. The Labute approximate surface area is 87.3 Å².